The van der Waals surface area contributed by atoms with Crippen LogP contribution in [0.5, 0.6) is 11.5 Å². The van der Waals surface area contributed by atoms with Gasteiger partial charge in [-0.15, -0.1) is 0 Å². The van der Waals surface area contributed by atoms with E-state index < -0.39 is 28.5 Å². The molecule has 6 atom stereocenters. The topological polar surface area (TPSA) is 97.1 Å². The highest BCUT2D eigenvalue weighted by atomic mass is 32.2. The summed E-state index contributed by atoms with van der Waals surface area (Å²) in [6.45, 7) is 0. The highest BCUT2D eigenvalue weighted by Crippen LogP contribution is 2.68. The molecule has 8 rings (SSSR count). The maximum atomic E-state index is 14.0. The second-order valence-corrected chi connectivity index (χ2v) is 14.1. The van der Waals surface area contributed by atoms with Crippen molar-refractivity contribution in [3.05, 3.63) is 95.1 Å². The molecule has 44 heavy (non-hydrogen) atoms. The summed E-state index contributed by atoms with van der Waals surface area (Å²) in [7, 11) is 1.62. The van der Waals surface area contributed by atoms with Crippen LogP contribution >= 0.6 is 0 Å². The van der Waals surface area contributed by atoms with E-state index in [0.29, 0.717) is 37.2 Å². The molecule has 2 N–H and O–H groups in total. The van der Waals surface area contributed by atoms with Crippen LogP contribution in [0.25, 0.3) is 0 Å². The lowest BCUT2D eigenvalue weighted by atomic mass is 9.45. The Hall–Kier alpha value is -3.04. The lowest BCUT2D eigenvalue weighted by Gasteiger charge is -2.62. The molecule has 1 aliphatic heterocycles. The Balaban J connectivity index is 1.08. The summed E-state index contributed by atoms with van der Waals surface area (Å²) >= 11 is -2.03. The van der Waals surface area contributed by atoms with Gasteiger partial charge < -0.3 is 15.2 Å². The van der Waals surface area contributed by atoms with Gasteiger partial charge in [0.15, 0.2) is 23.4 Å². The molecule has 3 aromatic carbocycles. The van der Waals surface area contributed by atoms with Crippen molar-refractivity contribution in [2.45, 2.75) is 92.5 Å². The number of hydrogen-bond donors (Lipinski definition) is 1. The van der Waals surface area contributed by atoms with Crippen molar-refractivity contribution in [2.24, 2.45) is 11.7 Å². The molecule has 1 spiro atoms. The number of methoxy groups -OCH3 is 1. The number of rotatable bonds is 7. The molecule has 1 heterocycles. The van der Waals surface area contributed by atoms with Gasteiger partial charge in [0.1, 0.15) is 5.60 Å². The molecule has 6 unspecified atom stereocenters. The van der Waals surface area contributed by atoms with Crippen LogP contribution in [0.1, 0.15) is 73.6 Å². The van der Waals surface area contributed by atoms with Crippen LogP contribution in [0, 0.1) is 5.92 Å². The highest BCUT2D eigenvalue weighted by molar-refractivity contribution is 7.75. The van der Waals surface area contributed by atoms with Crippen LogP contribution < -0.4 is 15.2 Å². The summed E-state index contributed by atoms with van der Waals surface area (Å²) in [5.41, 5.74) is 9.72. The average Bonchev–Trinajstić information content (AvgIpc) is 3.42. The lowest BCUT2D eigenvalue weighted by molar-refractivity contribution is -0.169. The number of Topliss-reactive ketones (excluding diaryl/α,β-unsaturated/α-hetero) is 1. The first-order valence-corrected chi connectivity index (χ1v) is 17.0. The maximum absolute atomic E-state index is 14.0. The molecule has 3 fully saturated rings. The SMILES string of the molecule is COc1ccc2c3c1OC1C(=O)CCC4(OS(=O)OC5CCC(c6ccccc6)(c6ccccc6)CC5)C(C2)C(N)CCC314. The molecule has 8 heteroatoms. The number of nitrogens with two attached hydrogens (primary N) is 1. The Labute approximate surface area is 261 Å². The predicted molar refractivity (Wildman–Crippen MR) is 167 cm³/mol. The molecule has 0 saturated heterocycles. The van der Waals surface area contributed by atoms with E-state index in [9.17, 15) is 9.00 Å². The molecule has 3 saturated carbocycles. The monoisotopic (exact) mass is 613 g/mol. The van der Waals surface area contributed by atoms with Gasteiger partial charge >= 0.3 is 11.4 Å². The van der Waals surface area contributed by atoms with Crippen LogP contribution in [0.2, 0.25) is 0 Å². The van der Waals surface area contributed by atoms with E-state index in [4.69, 9.17) is 23.6 Å². The zero-order valence-corrected chi connectivity index (χ0v) is 25.9. The van der Waals surface area contributed by atoms with E-state index in [1.807, 2.05) is 6.07 Å². The molecule has 5 aliphatic rings. The minimum absolute atomic E-state index is 0.0571. The van der Waals surface area contributed by atoms with Crippen molar-refractivity contribution in [3.8, 4) is 11.5 Å². The fourth-order valence-electron chi connectivity index (χ4n) is 9.68. The summed E-state index contributed by atoms with van der Waals surface area (Å²) in [5, 5.41) is 0. The van der Waals surface area contributed by atoms with Crippen LogP contribution in [0.15, 0.2) is 72.8 Å². The molecule has 0 radical (unpaired) electrons. The maximum Gasteiger partial charge on any atom is 0.305 e. The summed E-state index contributed by atoms with van der Waals surface area (Å²) < 4.78 is 39.1. The number of carbonyl (C=O) groups excluding carboxylic acids is 1. The standard InChI is InChI=1S/C36H39NO6S/c1-40-30-13-12-23-22-27-28(37)16-20-35-31(23)32(30)41-33(35)29(38)17-21-36(27,35)43-44(39)42-26-14-18-34(19-15-26,24-8-4-2-5-9-24)25-10-6-3-7-11-25/h2-13,26-28,33H,14-22,37H2,1H3. The Morgan fingerprint density at radius 1 is 0.886 bits per heavy atom. The predicted octanol–water partition coefficient (Wildman–Crippen LogP) is 5.63. The lowest BCUT2D eigenvalue weighted by Crippen LogP contribution is -2.74. The van der Waals surface area contributed by atoms with Crippen molar-refractivity contribution in [1.82, 2.24) is 0 Å². The number of ketones is 1. The molecule has 2 bridgehead atoms. The molecule has 3 aromatic rings. The van der Waals surface area contributed by atoms with Gasteiger partial charge in [0.05, 0.1) is 18.6 Å². The minimum atomic E-state index is -2.03. The largest absolute Gasteiger partial charge is 0.493 e. The van der Waals surface area contributed by atoms with Crippen LogP contribution in [-0.2, 0) is 41.8 Å². The summed E-state index contributed by atoms with van der Waals surface area (Å²) in [6, 6.07) is 25.2. The number of ether oxygens (including phenoxy) is 2. The van der Waals surface area contributed by atoms with Gasteiger partial charge in [0.2, 0.25) is 0 Å². The van der Waals surface area contributed by atoms with Crippen molar-refractivity contribution in [2.75, 3.05) is 7.11 Å². The zero-order valence-electron chi connectivity index (χ0n) is 25.0. The molecular formula is C36H39NO6S. The Morgan fingerprint density at radius 2 is 1.57 bits per heavy atom. The zero-order chi connectivity index (χ0) is 30.1. The highest BCUT2D eigenvalue weighted by Gasteiger charge is 2.75. The molecule has 0 amide bonds. The van der Waals surface area contributed by atoms with Crippen LogP contribution in [0.3, 0.4) is 0 Å². The smallest absolute Gasteiger partial charge is 0.305 e. The third-order valence-electron chi connectivity index (χ3n) is 11.6. The molecule has 0 aromatic heterocycles. The Bertz CT molecular complexity index is 1560. The van der Waals surface area contributed by atoms with E-state index in [-0.39, 0.29) is 29.3 Å². The normalized spacial score (nSPS) is 32.4. The first-order valence-electron chi connectivity index (χ1n) is 16.0. The third-order valence-corrected chi connectivity index (χ3v) is 12.5. The van der Waals surface area contributed by atoms with Gasteiger partial charge in [-0.3, -0.25) is 13.2 Å². The average molecular weight is 614 g/mol. The molecular weight excluding hydrogens is 574 g/mol. The summed E-state index contributed by atoms with van der Waals surface area (Å²) in [5.74, 6) is 1.19. The third kappa shape index (κ3) is 3.90. The van der Waals surface area contributed by atoms with Crippen molar-refractivity contribution < 1.29 is 26.8 Å². The fraction of sp³-hybridized carbons (Fsp3) is 0.472. The summed E-state index contributed by atoms with van der Waals surface area (Å²) in [6.07, 6.45) is 5.16. The van der Waals surface area contributed by atoms with Crippen LogP contribution in [-0.4, -0.2) is 41.0 Å². The molecule has 4 aliphatic carbocycles. The van der Waals surface area contributed by atoms with Gasteiger partial charge in [-0.05, 0) is 74.1 Å². The fourth-order valence-corrected chi connectivity index (χ4v) is 10.7. The number of benzene rings is 3. The summed E-state index contributed by atoms with van der Waals surface area (Å²) in [4.78, 5) is 13.5. The minimum Gasteiger partial charge on any atom is -0.493 e. The number of hydrogen-bond acceptors (Lipinski definition) is 7. The molecule has 230 valence electrons. The van der Waals surface area contributed by atoms with Gasteiger partial charge in [-0.2, -0.15) is 4.21 Å². The second kappa shape index (κ2) is 10.5. The van der Waals surface area contributed by atoms with E-state index in [1.165, 1.54) is 11.1 Å². The van der Waals surface area contributed by atoms with Crippen molar-refractivity contribution >= 4 is 17.1 Å². The first-order chi connectivity index (χ1) is 21.4. The van der Waals surface area contributed by atoms with Crippen molar-refractivity contribution in [1.29, 1.82) is 0 Å². The van der Waals surface area contributed by atoms with E-state index in [2.05, 4.69) is 66.7 Å². The van der Waals surface area contributed by atoms with E-state index in [1.54, 1.807) is 7.11 Å². The van der Waals surface area contributed by atoms with Gasteiger partial charge in [-0.25, -0.2) is 0 Å². The van der Waals surface area contributed by atoms with Gasteiger partial charge in [0.25, 0.3) is 0 Å². The quantitative estimate of drug-likeness (QED) is 0.369. The van der Waals surface area contributed by atoms with E-state index in [0.717, 1.165) is 43.2 Å². The Morgan fingerprint density at radius 3 is 2.23 bits per heavy atom. The van der Waals surface area contributed by atoms with Crippen LogP contribution in [0.4, 0.5) is 0 Å². The van der Waals surface area contributed by atoms with Crippen molar-refractivity contribution in [3.63, 3.8) is 0 Å². The first kappa shape index (κ1) is 28.4. The second-order valence-electron chi connectivity index (χ2n) is 13.4. The van der Waals surface area contributed by atoms with Gasteiger partial charge in [0, 0.05) is 29.4 Å². The molecule has 7 nitrogen and oxygen atoms in total. The number of carbonyl (C=O) groups is 1. The van der Waals surface area contributed by atoms with E-state index >= 15 is 0 Å². The van der Waals surface area contributed by atoms with Gasteiger partial charge in [-0.1, -0.05) is 66.7 Å². The Kier molecular flexibility index (Phi) is 6.79.